The van der Waals surface area contributed by atoms with Gasteiger partial charge in [-0.15, -0.1) is 0 Å². The highest BCUT2D eigenvalue weighted by molar-refractivity contribution is 6.00. The van der Waals surface area contributed by atoms with Crippen molar-refractivity contribution < 1.29 is 34.1 Å². The number of carbonyl (C=O) groups is 4. The van der Waals surface area contributed by atoms with Gasteiger partial charge in [-0.2, -0.15) is 0 Å². The lowest BCUT2D eigenvalue weighted by Gasteiger charge is -2.72. The number of carboxylic acid groups (broad SMARTS) is 1. The van der Waals surface area contributed by atoms with Crippen LogP contribution in [-0.4, -0.2) is 89.6 Å². The molecule has 0 saturated heterocycles. The first-order chi connectivity index (χ1) is 26.5. The molecule has 9 heteroatoms. The van der Waals surface area contributed by atoms with E-state index in [-0.39, 0.29) is 70.2 Å². The maximum Gasteiger partial charge on any atom is 0.309 e. The fourth-order valence-corrected chi connectivity index (χ4v) is 14.5. The van der Waals surface area contributed by atoms with Gasteiger partial charge in [0, 0.05) is 42.8 Å². The fourth-order valence-electron chi connectivity index (χ4n) is 14.5. The van der Waals surface area contributed by atoms with Gasteiger partial charge in [0.05, 0.1) is 17.9 Å². The minimum absolute atomic E-state index is 0.0127. The number of Topliss-reactive ketones (excluding diaryl/α,β-unsaturated/α-hetero) is 1. The minimum Gasteiger partial charge on any atom is -0.481 e. The van der Waals surface area contributed by atoms with Crippen LogP contribution in [0.25, 0.3) is 0 Å². The number of nitrogens with zero attached hydrogens (tertiary/aromatic N) is 2. The van der Waals surface area contributed by atoms with Gasteiger partial charge in [0.25, 0.3) is 0 Å². The number of hydrogen-bond donors (Lipinski definition) is 2. The van der Waals surface area contributed by atoms with Gasteiger partial charge in [0.15, 0.2) is 5.78 Å². The van der Waals surface area contributed by atoms with E-state index in [1.807, 2.05) is 19.0 Å². The lowest BCUT2D eigenvalue weighted by Crippen LogP contribution is -2.66. The van der Waals surface area contributed by atoms with Crippen molar-refractivity contribution in [2.45, 2.75) is 171 Å². The van der Waals surface area contributed by atoms with Crippen LogP contribution in [0.3, 0.4) is 0 Å². The van der Waals surface area contributed by atoms with E-state index in [1.165, 1.54) is 12.0 Å². The second-order valence-corrected chi connectivity index (χ2v) is 22.5. The molecule has 0 bridgehead atoms. The summed E-state index contributed by atoms with van der Waals surface area (Å²) < 4.78 is 6.19. The smallest absolute Gasteiger partial charge is 0.309 e. The van der Waals surface area contributed by atoms with Crippen LogP contribution in [0.4, 0.5) is 0 Å². The van der Waals surface area contributed by atoms with Crippen molar-refractivity contribution in [1.82, 2.24) is 9.80 Å². The van der Waals surface area contributed by atoms with Crippen LogP contribution >= 0.6 is 0 Å². The maximum atomic E-state index is 14.3. The number of ketones is 1. The van der Waals surface area contributed by atoms with Crippen LogP contribution in [0.2, 0.25) is 0 Å². The molecule has 9 atom stereocenters. The van der Waals surface area contributed by atoms with Crippen LogP contribution in [0.5, 0.6) is 0 Å². The van der Waals surface area contributed by atoms with E-state index in [0.717, 1.165) is 89.2 Å². The van der Waals surface area contributed by atoms with Crippen molar-refractivity contribution in [3.63, 3.8) is 0 Å². The summed E-state index contributed by atoms with van der Waals surface area (Å²) in [7, 11) is 4.06. The second-order valence-electron chi connectivity index (χ2n) is 22.5. The van der Waals surface area contributed by atoms with E-state index < -0.39 is 28.9 Å². The van der Waals surface area contributed by atoms with Crippen LogP contribution in [0, 0.1) is 62.1 Å². The Morgan fingerprint density at radius 1 is 0.842 bits per heavy atom. The number of carboxylic acids is 1. The van der Waals surface area contributed by atoms with Gasteiger partial charge in [0.1, 0.15) is 6.10 Å². The first-order valence-corrected chi connectivity index (χ1v) is 22.8. The average molecular weight is 795 g/mol. The second kappa shape index (κ2) is 15.6. The minimum atomic E-state index is -1.18. The molecule has 0 heterocycles. The topological polar surface area (TPSA) is 124 Å². The number of likely N-dealkylation sites (N-methyl/N-ethyl adjacent to an activating group) is 1. The number of aliphatic carboxylic acids is 1. The summed E-state index contributed by atoms with van der Waals surface area (Å²) >= 11 is 0. The summed E-state index contributed by atoms with van der Waals surface area (Å²) in [5.74, 6) is 0.0470. The number of hydrogen-bond acceptors (Lipinski definition) is 7. The summed E-state index contributed by atoms with van der Waals surface area (Å²) in [6, 6.07) is 0. The number of carbonyl (C=O) groups excluding carboxylic acids is 3. The molecule has 0 unspecified atom stereocenters. The normalized spacial score (nSPS) is 37.3. The molecule has 5 fully saturated rings. The molecule has 57 heavy (non-hydrogen) atoms. The highest BCUT2D eigenvalue weighted by Crippen LogP contribution is 2.77. The third-order valence-electron chi connectivity index (χ3n) is 18.0. The molecule has 9 nitrogen and oxygen atoms in total. The van der Waals surface area contributed by atoms with Crippen molar-refractivity contribution >= 4 is 23.6 Å². The van der Waals surface area contributed by atoms with Gasteiger partial charge in [0.2, 0.25) is 5.91 Å². The van der Waals surface area contributed by atoms with Gasteiger partial charge in [-0.05, 0) is 138 Å². The van der Waals surface area contributed by atoms with Gasteiger partial charge < -0.3 is 24.7 Å². The van der Waals surface area contributed by atoms with Gasteiger partial charge in [-0.1, -0.05) is 73.3 Å². The van der Waals surface area contributed by atoms with E-state index >= 15 is 0 Å². The number of ether oxygens (including phenoxy) is 1. The Bertz CT molecular complexity index is 1610. The highest BCUT2D eigenvalue weighted by Gasteiger charge is 2.71. The lowest BCUT2D eigenvalue weighted by molar-refractivity contribution is -0.235. The van der Waals surface area contributed by atoms with E-state index in [2.05, 4.69) is 53.4 Å². The van der Waals surface area contributed by atoms with Crippen molar-refractivity contribution in [2.75, 3.05) is 33.7 Å². The van der Waals surface area contributed by atoms with Crippen molar-refractivity contribution in [3.8, 4) is 0 Å². The summed E-state index contributed by atoms with van der Waals surface area (Å²) in [6.07, 6.45) is 11.9. The number of aliphatic hydroxyl groups is 1. The molecule has 6 aliphatic carbocycles. The van der Waals surface area contributed by atoms with Crippen molar-refractivity contribution in [2.24, 2.45) is 62.1 Å². The molecule has 2 N–H and O–H groups in total. The Morgan fingerprint density at radius 2 is 1.51 bits per heavy atom. The molecular weight excluding hydrogens is 717 g/mol. The molecule has 322 valence electrons. The summed E-state index contributed by atoms with van der Waals surface area (Å²) in [4.78, 5) is 57.5. The van der Waals surface area contributed by atoms with E-state index in [0.29, 0.717) is 24.8 Å². The van der Waals surface area contributed by atoms with Crippen LogP contribution in [-0.2, 0) is 23.9 Å². The predicted octanol–water partition coefficient (Wildman–Crippen LogP) is 8.71. The molecule has 1 amide bonds. The summed E-state index contributed by atoms with van der Waals surface area (Å²) in [6.45, 7) is 21.2. The zero-order valence-corrected chi connectivity index (χ0v) is 37.6. The fraction of sp³-hybridized carbons (Fsp3) is 0.875. The molecule has 6 aliphatic rings. The van der Waals surface area contributed by atoms with Gasteiger partial charge in [-0.25, -0.2) is 0 Å². The Kier molecular flexibility index (Phi) is 12.2. The van der Waals surface area contributed by atoms with Crippen LogP contribution < -0.4 is 0 Å². The monoisotopic (exact) mass is 795 g/mol. The first-order valence-electron chi connectivity index (χ1n) is 22.8. The predicted molar refractivity (Wildman–Crippen MR) is 223 cm³/mol. The first kappa shape index (κ1) is 44.3. The number of esters is 1. The Balaban J connectivity index is 1.29. The zero-order chi connectivity index (χ0) is 42.1. The molecule has 0 aromatic carbocycles. The van der Waals surface area contributed by atoms with Crippen molar-refractivity contribution in [3.05, 3.63) is 11.1 Å². The third-order valence-corrected chi connectivity index (χ3v) is 18.0. The van der Waals surface area contributed by atoms with E-state index in [9.17, 15) is 29.4 Å². The number of amides is 1. The Hall–Kier alpha value is -2.26. The number of rotatable bonds is 12. The quantitative estimate of drug-likeness (QED) is 0.188. The molecule has 0 aromatic heterocycles. The highest BCUT2D eigenvalue weighted by atomic mass is 16.5. The third kappa shape index (κ3) is 7.37. The number of aliphatic hydroxyl groups excluding tert-OH is 1. The molecule has 0 aromatic rings. The average Bonchev–Trinajstić information content (AvgIpc) is 3.44. The molecule has 5 saturated carbocycles. The largest absolute Gasteiger partial charge is 0.481 e. The summed E-state index contributed by atoms with van der Waals surface area (Å²) in [5, 5.41) is 22.3. The van der Waals surface area contributed by atoms with E-state index in [1.54, 1.807) is 13.8 Å². The van der Waals surface area contributed by atoms with Crippen molar-refractivity contribution in [1.29, 1.82) is 0 Å². The Labute approximate surface area is 344 Å². The van der Waals surface area contributed by atoms with Gasteiger partial charge >= 0.3 is 11.9 Å². The molecule has 0 spiro atoms. The number of allylic oxidation sites excluding steroid dienone is 1. The standard InChI is InChI=1S/C48H78N2O7/c1-30(2)39-33(51)27-48(36(52)29-50(26-25-49(10)11)41(54)31-15-13-12-14-16-31)24-23-46(8)32(40(39)48)17-18-35-45(7)21-20-37(57-38(53)28-43(3,4)42(55)56)44(5,6)34(45)19-22-47(35,46)9/h30-32,34-37,52H,12-29H2,1-11H3,(H,55,56)/t32-,34-,35-,36-,37+,45+,46-,47-,48+/m1/s1. The molecule has 0 aliphatic heterocycles. The summed E-state index contributed by atoms with van der Waals surface area (Å²) in [5.41, 5.74) is 0.103. The molecule has 0 radical (unpaired) electrons. The lowest BCUT2D eigenvalue weighted by atomic mass is 9.33. The van der Waals surface area contributed by atoms with Gasteiger partial charge in [-0.3, -0.25) is 19.2 Å². The van der Waals surface area contributed by atoms with E-state index in [4.69, 9.17) is 4.74 Å². The Morgan fingerprint density at radius 3 is 2.12 bits per heavy atom. The molecule has 6 rings (SSSR count). The zero-order valence-electron chi connectivity index (χ0n) is 37.6. The SMILES string of the molecule is CC(C)C1=C2[C@H]3CC[C@@H]4[C@@]5(C)CC[C@H](OC(=O)CC(C)(C)C(=O)O)C(C)(C)[C@H]5CC[C@@]4(C)[C@]3(C)CC[C@@]2([C@H](O)CN(CCN(C)C)C(=O)C2CCCCC2)CC1=O. The van der Waals surface area contributed by atoms with Crippen LogP contribution in [0.15, 0.2) is 11.1 Å². The maximum absolute atomic E-state index is 14.3. The van der Waals surface area contributed by atoms with Crippen LogP contribution in [0.1, 0.15) is 159 Å². The molecular formula is C48H78N2O7. The number of fused-ring (bicyclic) bond motifs is 7.